The number of carboxylic acids is 1. The lowest BCUT2D eigenvalue weighted by Gasteiger charge is -2.37. The molecule has 1 heterocycles. The molecule has 0 amide bonds. The van der Waals surface area contributed by atoms with Crippen molar-refractivity contribution < 1.29 is 9.90 Å². The zero-order chi connectivity index (χ0) is 12.2. The Labute approximate surface area is 98.0 Å². The van der Waals surface area contributed by atoms with E-state index in [0.29, 0.717) is 13.1 Å². The van der Waals surface area contributed by atoms with Crippen molar-refractivity contribution in [1.29, 1.82) is 0 Å². The van der Waals surface area contributed by atoms with Crippen molar-refractivity contribution in [1.82, 2.24) is 10.2 Å². The molecule has 0 aromatic carbocycles. The SMILES string of the molecule is CCCCN1CC(C(=O)O)CNCC1(C)C. The number of nitrogens with one attached hydrogen (secondary N) is 1. The number of carbonyl (C=O) groups is 1. The summed E-state index contributed by atoms with van der Waals surface area (Å²) in [7, 11) is 0. The number of aliphatic carboxylic acids is 1. The third-order valence-electron chi connectivity index (χ3n) is 3.38. The van der Waals surface area contributed by atoms with E-state index in [1.165, 1.54) is 0 Å². The second-order valence-electron chi connectivity index (χ2n) is 5.28. The van der Waals surface area contributed by atoms with Crippen molar-refractivity contribution in [3.05, 3.63) is 0 Å². The van der Waals surface area contributed by atoms with Crippen LogP contribution >= 0.6 is 0 Å². The maximum absolute atomic E-state index is 11.1. The van der Waals surface area contributed by atoms with E-state index in [1.807, 2.05) is 0 Å². The number of hydrogen-bond acceptors (Lipinski definition) is 3. The monoisotopic (exact) mass is 228 g/mol. The van der Waals surface area contributed by atoms with Crippen LogP contribution in [-0.4, -0.2) is 47.7 Å². The van der Waals surface area contributed by atoms with Gasteiger partial charge in [0.25, 0.3) is 0 Å². The zero-order valence-corrected chi connectivity index (χ0v) is 10.6. The van der Waals surface area contributed by atoms with Crippen LogP contribution < -0.4 is 5.32 Å². The molecule has 4 nitrogen and oxygen atoms in total. The molecule has 0 aliphatic carbocycles. The van der Waals surface area contributed by atoms with Gasteiger partial charge in [0.15, 0.2) is 0 Å². The molecule has 0 spiro atoms. The largest absolute Gasteiger partial charge is 0.481 e. The number of hydrogen-bond donors (Lipinski definition) is 2. The molecule has 1 unspecified atom stereocenters. The van der Waals surface area contributed by atoms with Crippen LogP contribution in [0, 0.1) is 5.92 Å². The molecule has 0 aromatic rings. The third-order valence-corrected chi connectivity index (χ3v) is 3.38. The fraction of sp³-hybridized carbons (Fsp3) is 0.917. The molecule has 0 saturated carbocycles. The van der Waals surface area contributed by atoms with Gasteiger partial charge in [-0.2, -0.15) is 0 Å². The Bertz CT molecular complexity index is 241. The summed E-state index contributed by atoms with van der Waals surface area (Å²) >= 11 is 0. The van der Waals surface area contributed by atoms with Gasteiger partial charge in [-0.05, 0) is 26.8 Å². The first-order valence-electron chi connectivity index (χ1n) is 6.16. The van der Waals surface area contributed by atoms with Crippen LogP contribution in [0.4, 0.5) is 0 Å². The van der Waals surface area contributed by atoms with Gasteiger partial charge in [0, 0.05) is 25.2 Å². The molecule has 1 fully saturated rings. The van der Waals surface area contributed by atoms with E-state index in [1.54, 1.807) is 0 Å². The zero-order valence-electron chi connectivity index (χ0n) is 10.6. The molecule has 0 radical (unpaired) electrons. The van der Waals surface area contributed by atoms with Crippen LogP contribution in [0.5, 0.6) is 0 Å². The summed E-state index contributed by atoms with van der Waals surface area (Å²) in [5.41, 5.74) is 0.0549. The molecule has 2 N–H and O–H groups in total. The van der Waals surface area contributed by atoms with Gasteiger partial charge in [0.1, 0.15) is 0 Å². The maximum atomic E-state index is 11.1. The van der Waals surface area contributed by atoms with Crippen molar-refractivity contribution in [3.63, 3.8) is 0 Å². The van der Waals surface area contributed by atoms with Crippen LogP contribution in [-0.2, 0) is 4.79 Å². The number of unbranched alkanes of at least 4 members (excludes halogenated alkanes) is 1. The molecular weight excluding hydrogens is 204 g/mol. The Morgan fingerprint density at radius 2 is 2.25 bits per heavy atom. The third kappa shape index (κ3) is 3.46. The topological polar surface area (TPSA) is 52.6 Å². The Morgan fingerprint density at radius 1 is 1.56 bits per heavy atom. The van der Waals surface area contributed by atoms with E-state index in [-0.39, 0.29) is 11.5 Å². The van der Waals surface area contributed by atoms with Gasteiger partial charge in [-0.1, -0.05) is 13.3 Å². The van der Waals surface area contributed by atoms with Crippen LogP contribution in [0.15, 0.2) is 0 Å². The van der Waals surface area contributed by atoms with Crippen molar-refractivity contribution in [3.8, 4) is 0 Å². The number of carboxylic acid groups (broad SMARTS) is 1. The van der Waals surface area contributed by atoms with E-state index in [9.17, 15) is 4.79 Å². The second-order valence-corrected chi connectivity index (χ2v) is 5.28. The minimum Gasteiger partial charge on any atom is -0.481 e. The highest BCUT2D eigenvalue weighted by Crippen LogP contribution is 2.19. The number of rotatable bonds is 4. The number of nitrogens with zero attached hydrogens (tertiary/aromatic N) is 1. The Balaban J connectivity index is 2.67. The first-order chi connectivity index (χ1) is 7.47. The van der Waals surface area contributed by atoms with E-state index in [0.717, 1.165) is 25.9 Å². The summed E-state index contributed by atoms with van der Waals surface area (Å²) in [4.78, 5) is 13.4. The minimum absolute atomic E-state index is 0.0549. The van der Waals surface area contributed by atoms with E-state index >= 15 is 0 Å². The Hall–Kier alpha value is -0.610. The normalized spacial score (nSPS) is 26.3. The smallest absolute Gasteiger partial charge is 0.309 e. The summed E-state index contributed by atoms with van der Waals surface area (Å²) in [6, 6.07) is 0. The van der Waals surface area contributed by atoms with Crippen molar-refractivity contribution in [2.24, 2.45) is 5.92 Å². The van der Waals surface area contributed by atoms with Gasteiger partial charge >= 0.3 is 5.97 Å². The lowest BCUT2D eigenvalue weighted by molar-refractivity contribution is -0.142. The average Bonchev–Trinajstić information content (AvgIpc) is 2.34. The Kier molecular flexibility index (Phi) is 4.74. The predicted molar refractivity (Wildman–Crippen MR) is 64.6 cm³/mol. The molecule has 4 heteroatoms. The van der Waals surface area contributed by atoms with E-state index in [4.69, 9.17) is 5.11 Å². The minimum atomic E-state index is -0.688. The molecular formula is C12H24N2O2. The quantitative estimate of drug-likeness (QED) is 0.758. The molecule has 16 heavy (non-hydrogen) atoms. The van der Waals surface area contributed by atoms with Crippen LogP contribution in [0.25, 0.3) is 0 Å². The lowest BCUT2D eigenvalue weighted by Crippen LogP contribution is -2.49. The van der Waals surface area contributed by atoms with Crippen LogP contribution in [0.3, 0.4) is 0 Å². The fourth-order valence-electron chi connectivity index (χ4n) is 2.15. The van der Waals surface area contributed by atoms with Gasteiger partial charge in [-0.15, -0.1) is 0 Å². The average molecular weight is 228 g/mol. The van der Waals surface area contributed by atoms with Gasteiger partial charge in [-0.3, -0.25) is 9.69 Å². The van der Waals surface area contributed by atoms with Crippen molar-refractivity contribution >= 4 is 5.97 Å². The predicted octanol–water partition coefficient (Wildman–Crippen LogP) is 1.17. The molecule has 1 rings (SSSR count). The standard InChI is InChI=1S/C12H24N2O2/c1-4-5-6-14-8-10(11(15)16)7-13-9-12(14,2)3/h10,13H,4-9H2,1-3H3,(H,15,16). The van der Waals surface area contributed by atoms with Gasteiger partial charge in [0.05, 0.1) is 5.92 Å². The van der Waals surface area contributed by atoms with Gasteiger partial charge < -0.3 is 10.4 Å². The van der Waals surface area contributed by atoms with Gasteiger partial charge in [0.2, 0.25) is 0 Å². The fourth-order valence-corrected chi connectivity index (χ4v) is 2.15. The molecule has 0 bridgehead atoms. The summed E-state index contributed by atoms with van der Waals surface area (Å²) in [6.45, 7) is 9.63. The molecule has 1 atom stereocenters. The summed E-state index contributed by atoms with van der Waals surface area (Å²) in [5, 5.41) is 12.4. The summed E-state index contributed by atoms with van der Waals surface area (Å²) < 4.78 is 0. The van der Waals surface area contributed by atoms with Gasteiger partial charge in [-0.25, -0.2) is 0 Å². The molecule has 1 aliphatic rings. The van der Waals surface area contributed by atoms with Crippen molar-refractivity contribution in [2.75, 3.05) is 26.2 Å². The first kappa shape index (κ1) is 13.5. The van der Waals surface area contributed by atoms with Crippen LogP contribution in [0.2, 0.25) is 0 Å². The highest BCUT2D eigenvalue weighted by molar-refractivity contribution is 5.70. The first-order valence-corrected chi connectivity index (χ1v) is 6.16. The van der Waals surface area contributed by atoms with E-state index < -0.39 is 5.97 Å². The summed E-state index contributed by atoms with van der Waals surface area (Å²) in [6.07, 6.45) is 2.29. The maximum Gasteiger partial charge on any atom is 0.309 e. The van der Waals surface area contributed by atoms with Crippen LogP contribution in [0.1, 0.15) is 33.6 Å². The molecule has 0 aromatic heterocycles. The second kappa shape index (κ2) is 5.64. The lowest BCUT2D eigenvalue weighted by atomic mass is 10.0. The molecule has 1 aliphatic heterocycles. The molecule has 94 valence electrons. The highest BCUT2D eigenvalue weighted by atomic mass is 16.4. The summed E-state index contributed by atoms with van der Waals surface area (Å²) in [5.74, 6) is -0.967. The molecule has 1 saturated heterocycles. The van der Waals surface area contributed by atoms with Crippen molar-refractivity contribution in [2.45, 2.75) is 39.2 Å². The van der Waals surface area contributed by atoms with E-state index in [2.05, 4.69) is 31.0 Å². The highest BCUT2D eigenvalue weighted by Gasteiger charge is 2.33. The Morgan fingerprint density at radius 3 is 2.81 bits per heavy atom.